The normalized spacial score (nSPS) is 48.1. The van der Waals surface area contributed by atoms with Gasteiger partial charge in [0.1, 0.15) is 25.2 Å². The number of alkyl halides is 4. The van der Waals surface area contributed by atoms with Crippen LogP contribution >= 0.6 is 23.2 Å². The Balaban J connectivity index is 1.06. The molecule has 8 unspecified atom stereocenters. The molecule has 5 aliphatic carbocycles. The average Bonchev–Trinajstić information content (AvgIpc) is 3.32. The van der Waals surface area contributed by atoms with Crippen molar-refractivity contribution in [2.45, 2.75) is 131 Å². The Labute approximate surface area is 215 Å². The summed E-state index contributed by atoms with van der Waals surface area (Å²) >= 11 is 11.9. The lowest BCUT2D eigenvalue weighted by atomic mass is 9.56. The molecule has 0 aromatic rings. The first-order valence-electron chi connectivity index (χ1n) is 13.1. The van der Waals surface area contributed by atoms with Crippen molar-refractivity contribution in [3.05, 3.63) is 0 Å². The fraction of sp³-hybridized carbons (Fsp3) is 0.958. The topological polar surface area (TPSA) is 80.9 Å². The summed E-state index contributed by atoms with van der Waals surface area (Å²) in [6.07, 6.45) is 5.14. The molecule has 3 N–H and O–H groups in total. The highest BCUT2D eigenvalue weighted by Crippen LogP contribution is 2.54. The third-order valence-corrected chi connectivity index (χ3v) is 9.90. The van der Waals surface area contributed by atoms with Gasteiger partial charge in [-0.3, -0.25) is 4.79 Å². The minimum atomic E-state index is -1.07. The second-order valence-corrected chi connectivity index (χ2v) is 12.3. The van der Waals surface area contributed by atoms with Crippen LogP contribution in [-0.4, -0.2) is 66.0 Å². The molecule has 0 spiro atoms. The zero-order valence-electron chi connectivity index (χ0n) is 20.0. The number of amides is 1. The lowest BCUT2D eigenvalue weighted by molar-refractivity contribution is -0.207. The second kappa shape index (κ2) is 10.8. The van der Waals surface area contributed by atoms with Crippen molar-refractivity contribution in [1.29, 1.82) is 0 Å². The van der Waals surface area contributed by atoms with Gasteiger partial charge in [0.2, 0.25) is 12.3 Å². The molecule has 11 heteroatoms. The first kappa shape index (κ1) is 26.3. The number of ether oxygens (including phenoxy) is 3. The second-order valence-electron chi connectivity index (χ2n) is 11.2. The summed E-state index contributed by atoms with van der Waals surface area (Å²) in [5.74, 6) is -0.133. The maximum atomic E-state index is 13.9. The van der Waals surface area contributed by atoms with Crippen LogP contribution in [0.4, 0.5) is 8.78 Å². The van der Waals surface area contributed by atoms with Crippen LogP contribution in [0.25, 0.3) is 0 Å². The van der Waals surface area contributed by atoms with E-state index in [-0.39, 0.29) is 48.3 Å². The summed E-state index contributed by atoms with van der Waals surface area (Å²) in [5, 5.41) is 2.35. The van der Waals surface area contributed by atoms with E-state index < -0.39 is 29.5 Å². The smallest absolute Gasteiger partial charge is 0.246 e. The van der Waals surface area contributed by atoms with Crippen molar-refractivity contribution in [3.63, 3.8) is 0 Å². The number of fused-ring (bicyclic) bond motifs is 3. The summed E-state index contributed by atoms with van der Waals surface area (Å²) in [6, 6.07) is 0. The van der Waals surface area contributed by atoms with Crippen molar-refractivity contribution in [1.82, 2.24) is 16.2 Å². The highest BCUT2D eigenvalue weighted by atomic mass is 35.5. The van der Waals surface area contributed by atoms with E-state index in [1.807, 2.05) is 0 Å². The highest BCUT2D eigenvalue weighted by Gasteiger charge is 2.55. The Kier molecular flexibility index (Phi) is 8.14. The Bertz CT molecular complexity index is 744. The van der Waals surface area contributed by atoms with Crippen LogP contribution in [-0.2, 0) is 19.0 Å². The van der Waals surface area contributed by atoms with E-state index in [1.165, 1.54) is 0 Å². The predicted molar refractivity (Wildman–Crippen MR) is 127 cm³/mol. The van der Waals surface area contributed by atoms with Gasteiger partial charge in [0.15, 0.2) is 0 Å². The molecule has 0 aromatic carbocycles. The fourth-order valence-corrected chi connectivity index (χ4v) is 7.01. The molecule has 0 aromatic heterocycles. The standard InChI is InChI=1S/C24H37Cl2F2N3O4/c25-16-3-1-14(11-18(16)27)33-13-20(32)29-24-8-5-23(6-9-24,7-10-24)21-30-31-22(35-21)34-15-2-4-17(26)19(28)12-15/h14-19,21-22,30-31H,1-13H2,(H,29,32). The van der Waals surface area contributed by atoms with Gasteiger partial charge >= 0.3 is 0 Å². The number of hydrazine groups is 1. The Morgan fingerprint density at radius 1 is 0.914 bits per heavy atom. The summed E-state index contributed by atoms with van der Waals surface area (Å²) in [7, 11) is 0. The van der Waals surface area contributed by atoms with E-state index in [0.29, 0.717) is 25.7 Å². The van der Waals surface area contributed by atoms with Crippen LogP contribution in [0.3, 0.4) is 0 Å². The van der Waals surface area contributed by atoms with Gasteiger partial charge < -0.3 is 19.5 Å². The zero-order chi connectivity index (χ0) is 24.6. The molecule has 1 heterocycles. The SMILES string of the molecule is O=C(COC1CCC(Cl)C(F)C1)NC12CCC(C3NNC(OC4CCC(Cl)C(F)C4)O3)(CC1)CC2. The van der Waals surface area contributed by atoms with Crippen LogP contribution in [0, 0.1) is 5.41 Å². The first-order valence-corrected chi connectivity index (χ1v) is 13.9. The molecule has 6 fully saturated rings. The van der Waals surface area contributed by atoms with Gasteiger partial charge in [-0.2, -0.15) is 0 Å². The molecule has 1 amide bonds. The van der Waals surface area contributed by atoms with Crippen LogP contribution in [0.1, 0.15) is 77.0 Å². The molecule has 7 nitrogen and oxygen atoms in total. The maximum Gasteiger partial charge on any atom is 0.246 e. The zero-order valence-corrected chi connectivity index (χ0v) is 21.5. The maximum absolute atomic E-state index is 13.9. The van der Waals surface area contributed by atoms with E-state index in [2.05, 4.69) is 16.2 Å². The number of halogens is 4. The van der Waals surface area contributed by atoms with Gasteiger partial charge in [0.25, 0.3) is 0 Å². The van der Waals surface area contributed by atoms with Gasteiger partial charge in [0, 0.05) is 23.8 Å². The van der Waals surface area contributed by atoms with Gasteiger partial charge in [0.05, 0.1) is 23.0 Å². The Morgan fingerprint density at radius 2 is 1.51 bits per heavy atom. The van der Waals surface area contributed by atoms with Crippen molar-refractivity contribution in [2.24, 2.45) is 5.41 Å². The largest absolute Gasteiger partial charge is 0.368 e. The number of hydrogen-bond donors (Lipinski definition) is 3. The fourth-order valence-electron chi connectivity index (χ4n) is 6.55. The van der Waals surface area contributed by atoms with Crippen LogP contribution < -0.4 is 16.2 Å². The molecule has 8 atom stereocenters. The lowest BCUT2D eigenvalue weighted by Gasteiger charge is -2.55. The molecule has 2 bridgehead atoms. The summed E-state index contributed by atoms with van der Waals surface area (Å²) in [6.45, 7) is -0.0428. The molecule has 200 valence electrons. The van der Waals surface area contributed by atoms with Crippen molar-refractivity contribution in [2.75, 3.05) is 6.61 Å². The molecule has 1 saturated heterocycles. The van der Waals surface area contributed by atoms with Gasteiger partial charge in [-0.1, -0.05) is 0 Å². The summed E-state index contributed by atoms with van der Waals surface area (Å²) in [5.41, 5.74) is 6.09. The van der Waals surface area contributed by atoms with Gasteiger partial charge in [-0.05, 0) is 64.2 Å². The third kappa shape index (κ3) is 5.91. The minimum Gasteiger partial charge on any atom is -0.368 e. The average molecular weight is 540 g/mol. The number of carbonyl (C=O) groups excluding carboxylic acids is 1. The minimum absolute atomic E-state index is 0.0269. The van der Waals surface area contributed by atoms with Crippen LogP contribution in [0.5, 0.6) is 0 Å². The number of carbonyl (C=O) groups is 1. The van der Waals surface area contributed by atoms with Crippen LogP contribution in [0.2, 0.25) is 0 Å². The lowest BCUT2D eigenvalue weighted by Crippen LogP contribution is -2.61. The number of hydrogen-bond acceptors (Lipinski definition) is 6. The number of rotatable bonds is 7. The molecule has 6 aliphatic rings. The monoisotopic (exact) mass is 539 g/mol. The van der Waals surface area contributed by atoms with Crippen LogP contribution in [0.15, 0.2) is 0 Å². The van der Waals surface area contributed by atoms with Crippen molar-refractivity contribution >= 4 is 29.1 Å². The molecule has 35 heavy (non-hydrogen) atoms. The number of nitrogens with one attached hydrogen (secondary N) is 3. The molecule has 1 aliphatic heterocycles. The van der Waals surface area contributed by atoms with E-state index in [9.17, 15) is 13.6 Å². The summed E-state index contributed by atoms with van der Waals surface area (Å²) < 4.78 is 45.6. The van der Waals surface area contributed by atoms with Gasteiger partial charge in [-0.25, -0.2) is 19.6 Å². The molecule has 6 rings (SSSR count). The molecule has 0 radical (unpaired) electrons. The Morgan fingerprint density at radius 3 is 2.14 bits per heavy atom. The third-order valence-electron chi connectivity index (χ3n) is 8.91. The van der Waals surface area contributed by atoms with Crippen molar-refractivity contribution in [3.8, 4) is 0 Å². The quantitative estimate of drug-likeness (QED) is 0.425. The van der Waals surface area contributed by atoms with E-state index in [0.717, 1.165) is 44.9 Å². The van der Waals surface area contributed by atoms with E-state index in [1.54, 1.807) is 0 Å². The Hall–Kier alpha value is -0.290. The molecular formula is C24H37Cl2F2N3O4. The van der Waals surface area contributed by atoms with E-state index >= 15 is 0 Å². The predicted octanol–water partition coefficient (Wildman–Crippen LogP) is 3.96. The summed E-state index contributed by atoms with van der Waals surface area (Å²) in [4.78, 5) is 12.6. The first-order chi connectivity index (χ1) is 16.8. The van der Waals surface area contributed by atoms with E-state index in [4.69, 9.17) is 37.4 Å². The molecular weight excluding hydrogens is 503 g/mol. The van der Waals surface area contributed by atoms with Crippen molar-refractivity contribution < 1.29 is 27.8 Å². The highest BCUT2D eigenvalue weighted by molar-refractivity contribution is 6.21. The van der Waals surface area contributed by atoms with Gasteiger partial charge in [-0.15, -0.1) is 23.2 Å². The molecule has 5 saturated carbocycles.